The van der Waals surface area contributed by atoms with E-state index in [-0.39, 0.29) is 17.6 Å². The van der Waals surface area contributed by atoms with Crippen LogP contribution in [0.2, 0.25) is 0 Å². The van der Waals surface area contributed by atoms with E-state index in [1.54, 1.807) is 0 Å². The van der Waals surface area contributed by atoms with Crippen molar-refractivity contribution >= 4 is 23.6 Å². The van der Waals surface area contributed by atoms with Crippen molar-refractivity contribution in [2.24, 2.45) is 5.73 Å². The number of thioether (sulfide) groups is 1. The summed E-state index contributed by atoms with van der Waals surface area (Å²) in [5, 5.41) is 13.9. The predicted octanol–water partition coefficient (Wildman–Crippen LogP) is 1.77. The zero-order valence-corrected chi connectivity index (χ0v) is 20.3. The molecule has 0 bridgehead atoms. The van der Waals surface area contributed by atoms with Crippen LogP contribution < -0.4 is 5.73 Å². The number of carbonyl (C=O) groups excluding carboxylic acids is 2. The molecule has 0 aliphatic carbocycles. The number of esters is 1. The fraction of sp³-hybridized carbons (Fsp3) is 0.292. The van der Waals surface area contributed by atoms with Gasteiger partial charge in [0.15, 0.2) is 12.3 Å². The molecule has 1 amide bonds. The van der Waals surface area contributed by atoms with Crippen molar-refractivity contribution in [3.63, 3.8) is 0 Å². The summed E-state index contributed by atoms with van der Waals surface area (Å²) in [4.78, 5) is 28.1. The number of aromatic amines is 1. The minimum Gasteiger partial charge on any atom is -0.448 e. The predicted molar refractivity (Wildman–Crippen MR) is 128 cm³/mol. The van der Waals surface area contributed by atoms with Gasteiger partial charge in [-0.15, -0.1) is 5.10 Å². The fourth-order valence-electron chi connectivity index (χ4n) is 4.25. The quantitative estimate of drug-likeness (QED) is 0.200. The average molecular weight is 509 g/mol. The number of nitrogens with zero attached hydrogens (tertiary/aromatic N) is 4. The first kappa shape index (κ1) is 24.1. The van der Waals surface area contributed by atoms with Crippen LogP contribution in [0.4, 0.5) is 0 Å². The van der Waals surface area contributed by atoms with Crippen LogP contribution in [0.15, 0.2) is 77.1 Å². The SMILES string of the molecule is CO[C@@]1(N)C(=O)N2C(C(=O)OC(c3ccccc3)c3ccccc3)=C(C(C)Sc3nnn[nH]3)COC21. The largest absolute Gasteiger partial charge is 0.448 e. The monoisotopic (exact) mass is 508 g/mol. The van der Waals surface area contributed by atoms with Gasteiger partial charge in [0.05, 0.1) is 6.61 Å². The minimum absolute atomic E-state index is 0.0399. The Bertz CT molecular complexity index is 1230. The Morgan fingerprint density at radius 1 is 1.19 bits per heavy atom. The van der Waals surface area contributed by atoms with Gasteiger partial charge in [-0.3, -0.25) is 15.4 Å². The lowest BCUT2D eigenvalue weighted by Gasteiger charge is -2.54. The van der Waals surface area contributed by atoms with Gasteiger partial charge in [-0.05, 0) is 28.5 Å². The number of aromatic nitrogens is 4. The molecule has 1 fully saturated rings. The van der Waals surface area contributed by atoms with Gasteiger partial charge in [0.25, 0.3) is 5.91 Å². The summed E-state index contributed by atoms with van der Waals surface area (Å²) >= 11 is 1.29. The summed E-state index contributed by atoms with van der Waals surface area (Å²) in [7, 11) is 1.33. The fourth-order valence-corrected chi connectivity index (χ4v) is 5.08. The normalized spacial score (nSPS) is 22.3. The lowest BCUT2D eigenvalue weighted by atomic mass is 9.94. The maximum atomic E-state index is 13.8. The third kappa shape index (κ3) is 4.17. The van der Waals surface area contributed by atoms with Crippen LogP contribution in [0.1, 0.15) is 24.2 Å². The van der Waals surface area contributed by atoms with E-state index in [0.717, 1.165) is 11.1 Å². The molecule has 2 unspecified atom stereocenters. The number of benzene rings is 2. The summed E-state index contributed by atoms with van der Waals surface area (Å²) < 4.78 is 17.2. The van der Waals surface area contributed by atoms with Gasteiger partial charge in [0, 0.05) is 17.9 Å². The number of nitrogens with one attached hydrogen (secondary N) is 1. The number of nitrogens with two attached hydrogens (primary N) is 1. The summed E-state index contributed by atoms with van der Waals surface area (Å²) in [5.74, 6) is -1.26. The number of hydrogen-bond acceptors (Lipinski definition) is 10. The van der Waals surface area contributed by atoms with Crippen molar-refractivity contribution in [1.82, 2.24) is 25.5 Å². The highest BCUT2D eigenvalue weighted by Gasteiger charge is 2.65. The molecule has 36 heavy (non-hydrogen) atoms. The second kappa shape index (κ2) is 9.82. The molecule has 3 N–H and O–H groups in total. The van der Waals surface area contributed by atoms with Crippen LogP contribution in [0.25, 0.3) is 0 Å². The van der Waals surface area contributed by atoms with Gasteiger partial charge < -0.3 is 14.2 Å². The molecule has 2 aliphatic heterocycles. The smallest absolute Gasteiger partial charge is 0.356 e. The zero-order valence-electron chi connectivity index (χ0n) is 19.5. The Hall–Kier alpha value is -3.58. The summed E-state index contributed by atoms with van der Waals surface area (Å²) in [5.41, 5.74) is 6.65. The van der Waals surface area contributed by atoms with Gasteiger partial charge in [0.1, 0.15) is 5.70 Å². The lowest BCUT2D eigenvalue weighted by molar-refractivity contribution is -0.249. The van der Waals surface area contributed by atoms with E-state index in [0.29, 0.717) is 10.7 Å². The molecule has 1 aromatic heterocycles. The molecule has 186 valence electrons. The minimum atomic E-state index is -1.68. The van der Waals surface area contributed by atoms with E-state index in [9.17, 15) is 9.59 Å². The number of β-lactam (4-membered cyclic amide) rings is 1. The molecule has 2 aliphatic rings. The van der Waals surface area contributed by atoms with Crippen LogP contribution in [0.3, 0.4) is 0 Å². The first-order chi connectivity index (χ1) is 17.4. The zero-order chi connectivity index (χ0) is 25.3. The third-order valence-corrected chi connectivity index (χ3v) is 7.20. The molecule has 0 radical (unpaired) electrons. The molecule has 3 atom stereocenters. The van der Waals surface area contributed by atoms with Gasteiger partial charge in [-0.1, -0.05) is 72.4 Å². The lowest BCUT2D eigenvalue weighted by Crippen LogP contribution is -2.81. The first-order valence-corrected chi connectivity index (χ1v) is 12.1. The van der Waals surface area contributed by atoms with Crippen LogP contribution in [-0.4, -0.2) is 68.3 Å². The molecule has 2 aromatic carbocycles. The maximum absolute atomic E-state index is 13.8. The first-order valence-electron chi connectivity index (χ1n) is 11.2. The average Bonchev–Trinajstić information content (AvgIpc) is 3.44. The Morgan fingerprint density at radius 3 is 2.39 bits per heavy atom. The second-order valence-corrected chi connectivity index (χ2v) is 9.61. The summed E-state index contributed by atoms with van der Waals surface area (Å²) in [6, 6.07) is 18.8. The number of carbonyl (C=O) groups is 2. The molecular weight excluding hydrogens is 484 g/mol. The van der Waals surface area contributed by atoms with E-state index in [1.165, 1.54) is 23.8 Å². The highest BCUT2D eigenvalue weighted by atomic mass is 32.2. The van der Waals surface area contributed by atoms with Crippen molar-refractivity contribution in [2.75, 3.05) is 13.7 Å². The molecule has 5 rings (SSSR count). The van der Waals surface area contributed by atoms with E-state index >= 15 is 0 Å². The molecule has 0 saturated carbocycles. The van der Waals surface area contributed by atoms with Gasteiger partial charge in [-0.25, -0.2) is 9.89 Å². The number of fused-ring (bicyclic) bond motifs is 1. The van der Waals surface area contributed by atoms with E-state index < -0.39 is 29.9 Å². The molecule has 3 aromatic rings. The molecule has 0 spiro atoms. The van der Waals surface area contributed by atoms with Crippen molar-refractivity contribution in [3.05, 3.63) is 83.1 Å². The number of amides is 1. The van der Waals surface area contributed by atoms with Crippen LogP contribution in [-0.2, 0) is 23.8 Å². The van der Waals surface area contributed by atoms with E-state index in [4.69, 9.17) is 19.9 Å². The van der Waals surface area contributed by atoms with E-state index in [1.807, 2.05) is 67.6 Å². The molecule has 12 heteroatoms. The topological polar surface area (TPSA) is 146 Å². The highest BCUT2D eigenvalue weighted by Crippen LogP contribution is 2.42. The summed E-state index contributed by atoms with van der Waals surface area (Å²) in [6.45, 7) is 1.90. The number of hydrogen-bond donors (Lipinski definition) is 2. The molecule has 1 saturated heterocycles. The number of methoxy groups -OCH3 is 1. The number of rotatable bonds is 8. The van der Waals surface area contributed by atoms with Crippen LogP contribution >= 0.6 is 11.8 Å². The Morgan fingerprint density at radius 2 is 1.83 bits per heavy atom. The molecule has 3 heterocycles. The van der Waals surface area contributed by atoms with Gasteiger partial charge >= 0.3 is 5.97 Å². The summed E-state index contributed by atoms with van der Waals surface area (Å²) in [6.07, 6.45) is -1.66. The van der Waals surface area contributed by atoms with Crippen molar-refractivity contribution in [3.8, 4) is 0 Å². The number of ether oxygens (including phenoxy) is 3. The maximum Gasteiger partial charge on any atom is 0.356 e. The molecule has 11 nitrogen and oxygen atoms in total. The van der Waals surface area contributed by atoms with Gasteiger partial charge in [0.2, 0.25) is 10.9 Å². The molecular formula is C24H24N6O5S. The standard InChI is InChI=1S/C24H24N6O5S/c1-14(36-23-26-28-29-27-23)17-13-34-22-24(25,33-2)21(32)30(22)18(17)20(31)35-19(15-9-5-3-6-10-15)16-11-7-4-8-12-16/h3-12,14,19,22H,13,25H2,1-2H3,(H,26,27,28,29)/t14?,22?,24-/m0/s1. The van der Waals surface area contributed by atoms with Gasteiger partial charge in [-0.2, -0.15) is 0 Å². The Kier molecular flexibility index (Phi) is 6.58. The highest BCUT2D eigenvalue weighted by molar-refractivity contribution is 7.99. The Labute approximate surface area is 211 Å². The van der Waals surface area contributed by atoms with Crippen molar-refractivity contribution < 1.29 is 23.8 Å². The van der Waals surface area contributed by atoms with Crippen molar-refractivity contribution in [1.29, 1.82) is 0 Å². The third-order valence-electron chi connectivity index (χ3n) is 6.16. The second-order valence-electron chi connectivity index (χ2n) is 8.28. The van der Waals surface area contributed by atoms with Crippen LogP contribution in [0.5, 0.6) is 0 Å². The number of H-pyrrole nitrogens is 1. The van der Waals surface area contributed by atoms with E-state index in [2.05, 4.69) is 20.6 Å². The van der Waals surface area contributed by atoms with Crippen molar-refractivity contribution in [2.45, 2.75) is 35.4 Å². The Balaban J connectivity index is 1.53. The number of tetrazole rings is 1. The van der Waals surface area contributed by atoms with Crippen LogP contribution in [0, 0.1) is 0 Å².